The molecule has 0 aromatic carbocycles. The number of aromatic nitrogens is 3. The second-order valence-corrected chi connectivity index (χ2v) is 12.1. The number of hydrogen-bond donors (Lipinski definition) is 3. The molecule has 2 fully saturated rings. The van der Waals surface area contributed by atoms with Crippen LogP contribution in [0.1, 0.15) is 78.8 Å². The number of amides is 2. The Bertz CT molecular complexity index is 1170. The third-order valence-corrected chi connectivity index (χ3v) is 7.33. The predicted molar refractivity (Wildman–Crippen MR) is 153 cm³/mol. The lowest BCUT2D eigenvalue weighted by molar-refractivity contribution is 0.0235. The van der Waals surface area contributed by atoms with Crippen LogP contribution in [0.5, 0.6) is 0 Å². The Hall–Kier alpha value is -3.28. The van der Waals surface area contributed by atoms with Crippen molar-refractivity contribution in [2.45, 2.75) is 96.9 Å². The molecule has 2 aliphatic heterocycles. The van der Waals surface area contributed by atoms with E-state index in [0.717, 1.165) is 36.3 Å². The number of nitrogens with zero attached hydrogens (tertiary/aromatic N) is 5. The summed E-state index contributed by atoms with van der Waals surface area (Å²) in [6.07, 6.45) is 3.71. The molecule has 0 bridgehead atoms. The number of piperidine rings is 1. The molecule has 2 saturated heterocycles. The van der Waals surface area contributed by atoms with Gasteiger partial charge in [0.25, 0.3) is 0 Å². The number of ether oxygens (including phenoxy) is 2. The van der Waals surface area contributed by atoms with Gasteiger partial charge in [-0.3, -0.25) is 0 Å². The summed E-state index contributed by atoms with van der Waals surface area (Å²) < 4.78 is 13.0. The van der Waals surface area contributed by atoms with Gasteiger partial charge in [0.15, 0.2) is 5.65 Å². The van der Waals surface area contributed by atoms with Gasteiger partial charge in [0.05, 0.1) is 36.8 Å². The molecular weight excluding hydrogens is 514 g/mol. The summed E-state index contributed by atoms with van der Waals surface area (Å²) in [5.41, 5.74) is 2.07. The number of imidazole rings is 1. The Morgan fingerprint density at radius 3 is 2.45 bits per heavy atom. The molecule has 2 aromatic rings. The van der Waals surface area contributed by atoms with Gasteiger partial charge in [0.2, 0.25) is 0 Å². The van der Waals surface area contributed by atoms with E-state index in [1.165, 1.54) is 0 Å². The highest BCUT2D eigenvalue weighted by Crippen LogP contribution is 2.27. The van der Waals surface area contributed by atoms with Gasteiger partial charge in [-0.25, -0.2) is 19.1 Å². The first-order valence-electron chi connectivity index (χ1n) is 14.4. The van der Waals surface area contributed by atoms with Crippen LogP contribution in [0.2, 0.25) is 0 Å². The lowest BCUT2D eigenvalue weighted by Crippen LogP contribution is -2.44. The van der Waals surface area contributed by atoms with Crippen LogP contribution in [-0.2, 0) is 9.47 Å². The van der Waals surface area contributed by atoms with Crippen LogP contribution in [0.4, 0.5) is 21.1 Å². The van der Waals surface area contributed by atoms with E-state index in [4.69, 9.17) is 14.6 Å². The van der Waals surface area contributed by atoms with E-state index in [9.17, 15) is 14.7 Å². The fourth-order valence-corrected chi connectivity index (χ4v) is 5.00. The standard InChI is InChI=1S/C28H45N7O5/c1-7-19(17-36)31-24-14-22(25-29-15-23(18(2)3)35(25)32-24)30-20-8-11-33(12-9-20)26(37)39-21-10-13-34(16-21)27(38)40-28(4,5)6/h14-15,18-21,30,36H,7-13,16-17H2,1-6H3,(H,31,32)/t19-,21+/m1/s1. The normalized spacial score (nSPS) is 19.2. The largest absolute Gasteiger partial charge is 0.444 e. The van der Waals surface area contributed by atoms with Crippen LogP contribution < -0.4 is 10.6 Å². The molecule has 2 aromatic heterocycles. The topological polar surface area (TPSA) is 134 Å². The van der Waals surface area contributed by atoms with Gasteiger partial charge in [0.1, 0.15) is 17.5 Å². The van der Waals surface area contributed by atoms with Crippen molar-refractivity contribution in [3.63, 3.8) is 0 Å². The minimum atomic E-state index is -0.560. The summed E-state index contributed by atoms with van der Waals surface area (Å²) >= 11 is 0. The molecule has 0 spiro atoms. The molecule has 4 rings (SSSR count). The average molecular weight is 560 g/mol. The highest BCUT2D eigenvalue weighted by Gasteiger charge is 2.33. The molecule has 2 atom stereocenters. The van der Waals surface area contributed by atoms with Gasteiger partial charge < -0.3 is 35.0 Å². The van der Waals surface area contributed by atoms with Crippen molar-refractivity contribution in [2.75, 3.05) is 43.4 Å². The van der Waals surface area contributed by atoms with E-state index >= 15 is 0 Å². The first-order valence-corrected chi connectivity index (χ1v) is 14.4. The Kier molecular flexibility index (Phi) is 9.27. The van der Waals surface area contributed by atoms with E-state index in [1.807, 2.05) is 44.5 Å². The smallest absolute Gasteiger partial charge is 0.410 e. The Morgan fingerprint density at radius 1 is 1.12 bits per heavy atom. The maximum Gasteiger partial charge on any atom is 0.410 e. The van der Waals surface area contributed by atoms with E-state index in [2.05, 4.69) is 29.5 Å². The molecule has 0 saturated carbocycles. The quantitative estimate of drug-likeness (QED) is 0.438. The van der Waals surface area contributed by atoms with Crippen molar-refractivity contribution in [3.05, 3.63) is 18.0 Å². The van der Waals surface area contributed by atoms with Crippen molar-refractivity contribution in [1.82, 2.24) is 24.4 Å². The number of likely N-dealkylation sites (tertiary alicyclic amines) is 2. The molecule has 40 heavy (non-hydrogen) atoms. The fraction of sp³-hybridized carbons (Fsp3) is 0.714. The highest BCUT2D eigenvalue weighted by molar-refractivity contribution is 5.72. The zero-order valence-electron chi connectivity index (χ0n) is 24.6. The monoisotopic (exact) mass is 559 g/mol. The minimum Gasteiger partial charge on any atom is -0.444 e. The second-order valence-electron chi connectivity index (χ2n) is 12.1. The van der Waals surface area contributed by atoms with Crippen molar-refractivity contribution in [2.24, 2.45) is 0 Å². The highest BCUT2D eigenvalue weighted by atomic mass is 16.6. The molecule has 4 heterocycles. The molecule has 222 valence electrons. The van der Waals surface area contributed by atoms with Crippen LogP contribution >= 0.6 is 0 Å². The number of aliphatic hydroxyl groups excluding tert-OH is 1. The molecule has 0 radical (unpaired) electrons. The van der Waals surface area contributed by atoms with Crippen LogP contribution in [0, 0.1) is 0 Å². The van der Waals surface area contributed by atoms with Crippen molar-refractivity contribution in [1.29, 1.82) is 0 Å². The van der Waals surface area contributed by atoms with Crippen LogP contribution in [-0.4, -0.2) is 98.3 Å². The van der Waals surface area contributed by atoms with Gasteiger partial charge in [-0.1, -0.05) is 20.8 Å². The lowest BCUT2D eigenvalue weighted by Gasteiger charge is -2.33. The maximum atomic E-state index is 12.9. The molecule has 12 nitrogen and oxygen atoms in total. The number of carbonyl (C=O) groups is 2. The van der Waals surface area contributed by atoms with Crippen molar-refractivity contribution in [3.8, 4) is 0 Å². The molecular formula is C28H45N7O5. The predicted octanol–water partition coefficient (Wildman–Crippen LogP) is 4.06. The van der Waals surface area contributed by atoms with E-state index in [1.54, 1.807) is 9.80 Å². The maximum absolute atomic E-state index is 12.9. The summed E-state index contributed by atoms with van der Waals surface area (Å²) in [5.74, 6) is 0.921. The van der Waals surface area contributed by atoms with E-state index in [0.29, 0.717) is 38.4 Å². The number of anilines is 2. The van der Waals surface area contributed by atoms with Gasteiger partial charge in [-0.2, -0.15) is 0 Å². The Labute approximate surface area is 236 Å². The molecule has 0 aliphatic carbocycles. The van der Waals surface area contributed by atoms with E-state index < -0.39 is 5.60 Å². The van der Waals surface area contributed by atoms with E-state index in [-0.39, 0.29) is 42.9 Å². The SMILES string of the molecule is CC[C@H](CO)Nc1cc(NC2CCN(C(=O)O[C@H]3CCN(C(=O)OC(C)(C)C)C3)CC2)c2ncc(C(C)C)n2n1. The van der Waals surface area contributed by atoms with Gasteiger partial charge >= 0.3 is 12.2 Å². The summed E-state index contributed by atoms with van der Waals surface area (Å²) in [6.45, 7) is 13.8. The third-order valence-electron chi connectivity index (χ3n) is 7.33. The third kappa shape index (κ3) is 7.26. The van der Waals surface area contributed by atoms with Crippen molar-refractivity contribution >= 4 is 29.3 Å². The van der Waals surface area contributed by atoms with Crippen LogP contribution in [0.25, 0.3) is 5.65 Å². The zero-order valence-corrected chi connectivity index (χ0v) is 24.6. The second kappa shape index (κ2) is 12.5. The van der Waals surface area contributed by atoms with Gasteiger partial charge in [0, 0.05) is 38.2 Å². The summed E-state index contributed by atoms with van der Waals surface area (Å²) in [5, 5.41) is 21.4. The zero-order chi connectivity index (χ0) is 29.0. The number of aliphatic hydroxyl groups is 1. The average Bonchev–Trinajstić information content (AvgIpc) is 3.54. The molecule has 2 aliphatic rings. The van der Waals surface area contributed by atoms with Crippen molar-refractivity contribution < 1.29 is 24.2 Å². The number of fused-ring (bicyclic) bond motifs is 1. The first-order chi connectivity index (χ1) is 19.0. The molecule has 12 heteroatoms. The fourth-order valence-electron chi connectivity index (χ4n) is 5.00. The minimum absolute atomic E-state index is 0.0222. The number of hydrogen-bond acceptors (Lipinski definition) is 9. The number of carbonyl (C=O) groups excluding carboxylic acids is 2. The molecule has 2 amide bonds. The van der Waals surface area contributed by atoms with Crippen LogP contribution in [0.15, 0.2) is 12.3 Å². The number of nitrogens with one attached hydrogen (secondary N) is 2. The lowest BCUT2D eigenvalue weighted by atomic mass is 10.1. The first kappa shape index (κ1) is 29.7. The molecule has 3 N–H and O–H groups in total. The Balaban J connectivity index is 1.34. The molecule has 0 unspecified atom stereocenters. The van der Waals surface area contributed by atoms with Gasteiger partial charge in [-0.15, -0.1) is 5.10 Å². The van der Waals surface area contributed by atoms with Crippen LogP contribution in [0.3, 0.4) is 0 Å². The summed E-state index contributed by atoms with van der Waals surface area (Å²) in [6, 6.07) is 2.01. The Morgan fingerprint density at radius 2 is 1.82 bits per heavy atom. The summed E-state index contributed by atoms with van der Waals surface area (Å²) in [4.78, 5) is 33.2. The van der Waals surface area contributed by atoms with Gasteiger partial charge in [-0.05, 0) is 46.0 Å². The number of rotatable bonds is 8. The summed E-state index contributed by atoms with van der Waals surface area (Å²) in [7, 11) is 0.